The molecule has 0 fully saturated rings. The Labute approximate surface area is 100 Å². The van der Waals surface area contributed by atoms with Crippen LogP contribution >= 0.6 is 0 Å². The van der Waals surface area contributed by atoms with E-state index in [0.29, 0.717) is 0 Å². The van der Waals surface area contributed by atoms with Gasteiger partial charge in [-0.3, -0.25) is 9.59 Å². The van der Waals surface area contributed by atoms with Crippen LogP contribution in [0, 0.1) is 0 Å². The van der Waals surface area contributed by atoms with Crippen molar-refractivity contribution in [3.8, 4) is 11.5 Å². The van der Waals surface area contributed by atoms with Crippen molar-refractivity contribution >= 4 is 12.6 Å². The molecule has 0 aliphatic heterocycles. The number of rotatable bonds is 5. The normalized spacial score (nSPS) is 10.9. The van der Waals surface area contributed by atoms with Crippen molar-refractivity contribution in [2.24, 2.45) is 0 Å². The molecule has 7 heteroatoms. The molecule has 0 spiro atoms. The molecule has 0 aliphatic rings. The predicted octanol–water partition coefficient (Wildman–Crippen LogP) is 2.61. The average Bonchev–Trinajstić information content (AvgIpc) is 2.26. The van der Waals surface area contributed by atoms with E-state index < -0.39 is 17.7 Å². The first-order valence-electron chi connectivity index (χ1n) is 4.88. The number of ether oxygens (including phenoxy) is 2. The minimum absolute atomic E-state index is 0.0180. The van der Waals surface area contributed by atoms with Gasteiger partial charge in [0.2, 0.25) is 0 Å². The lowest BCUT2D eigenvalue weighted by atomic mass is 10.1. The second kappa shape index (κ2) is 5.52. The Morgan fingerprint density at radius 2 is 1.89 bits per heavy atom. The van der Waals surface area contributed by atoms with Gasteiger partial charge in [-0.2, -0.15) is 0 Å². The first-order chi connectivity index (χ1) is 8.41. The summed E-state index contributed by atoms with van der Waals surface area (Å²) in [5.41, 5.74) is -0.694. The third-order valence-electron chi connectivity index (χ3n) is 1.93. The van der Waals surface area contributed by atoms with Crippen LogP contribution < -0.4 is 9.47 Å². The highest BCUT2D eigenvalue weighted by Crippen LogP contribution is 2.31. The molecule has 0 saturated carbocycles. The number of carbonyl (C=O) groups excluding carboxylic acids is 2. The molecule has 0 atom stereocenters. The van der Waals surface area contributed by atoms with E-state index in [1.807, 2.05) is 0 Å². The van der Waals surface area contributed by atoms with Gasteiger partial charge in [0.15, 0.2) is 12.6 Å². The maximum Gasteiger partial charge on any atom is 0.573 e. The molecule has 0 unspecified atom stereocenters. The van der Waals surface area contributed by atoms with Crippen LogP contribution in [0.15, 0.2) is 12.1 Å². The lowest BCUT2D eigenvalue weighted by Crippen LogP contribution is -2.18. The molecule has 98 valence electrons. The monoisotopic (exact) mass is 262 g/mol. The molecule has 1 aromatic carbocycles. The topological polar surface area (TPSA) is 52.6 Å². The van der Waals surface area contributed by atoms with Crippen LogP contribution in [0.25, 0.3) is 0 Å². The third kappa shape index (κ3) is 3.47. The highest BCUT2D eigenvalue weighted by Gasteiger charge is 2.33. The molecule has 0 N–H and O–H groups in total. The minimum atomic E-state index is -4.96. The summed E-state index contributed by atoms with van der Waals surface area (Å²) in [6, 6.07) is 2.08. The molecule has 0 amide bonds. The van der Waals surface area contributed by atoms with E-state index in [-0.39, 0.29) is 30.5 Å². The molecular formula is C11H9F3O4. The van der Waals surface area contributed by atoms with Gasteiger partial charge in [0.1, 0.15) is 11.5 Å². The van der Waals surface area contributed by atoms with Crippen LogP contribution in [0.1, 0.15) is 27.6 Å². The molecule has 0 aromatic heterocycles. The van der Waals surface area contributed by atoms with Gasteiger partial charge in [0.05, 0.1) is 12.2 Å². The SMILES string of the molecule is CCOc1cc(C=O)c(C=O)c(OC(F)(F)F)c1. The summed E-state index contributed by atoms with van der Waals surface area (Å²) < 4.78 is 45.1. The van der Waals surface area contributed by atoms with Gasteiger partial charge in [0.25, 0.3) is 0 Å². The molecule has 0 aliphatic carbocycles. The number of aldehydes is 2. The van der Waals surface area contributed by atoms with Gasteiger partial charge < -0.3 is 9.47 Å². The Balaban J connectivity index is 3.30. The van der Waals surface area contributed by atoms with E-state index in [1.54, 1.807) is 6.92 Å². The summed E-state index contributed by atoms with van der Waals surface area (Å²) in [4.78, 5) is 21.4. The van der Waals surface area contributed by atoms with Crippen LogP contribution in [-0.2, 0) is 0 Å². The molecule has 0 saturated heterocycles. The van der Waals surface area contributed by atoms with Crippen molar-refractivity contribution in [3.63, 3.8) is 0 Å². The van der Waals surface area contributed by atoms with E-state index in [2.05, 4.69) is 4.74 Å². The molecule has 0 heterocycles. The van der Waals surface area contributed by atoms with Crippen LogP contribution in [0.5, 0.6) is 11.5 Å². The summed E-state index contributed by atoms with van der Waals surface area (Å²) in [7, 11) is 0. The van der Waals surface area contributed by atoms with E-state index in [4.69, 9.17) is 4.74 Å². The van der Waals surface area contributed by atoms with Crippen LogP contribution in [-0.4, -0.2) is 25.5 Å². The van der Waals surface area contributed by atoms with E-state index in [9.17, 15) is 22.8 Å². The maximum absolute atomic E-state index is 12.1. The minimum Gasteiger partial charge on any atom is -0.494 e. The molecule has 4 nitrogen and oxygen atoms in total. The second-order valence-electron chi connectivity index (χ2n) is 3.14. The fraction of sp³-hybridized carbons (Fsp3) is 0.273. The fourth-order valence-corrected chi connectivity index (χ4v) is 1.30. The lowest BCUT2D eigenvalue weighted by molar-refractivity contribution is -0.274. The van der Waals surface area contributed by atoms with Gasteiger partial charge >= 0.3 is 6.36 Å². The first kappa shape index (κ1) is 14.0. The van der Waals surface area contributed by atoms with Crippen molar-refractivity contribution in [1.29, 1.82) is 0 Å². The zero-order valence-corrected chi connectivity index (χ0v) is 9.28. The van der Waals surface area contributed by atoms with Crippen molar-refractivity contribution in [1.82, 2.24) is 0 Å². The standard InChI is InChI=1S/C11H9F3O4/c1-2-17-8-3-7(5-15)9(6-16)10(4-8)18-11(12,13)14/h3-6H,2H2,1H3. The van der Waals surface area contributed by atoms with Gasteiger partial charge in [-0.05, 0) is 13.0 Å². The second-order valence-corrected chi connectivity index (χ2v) is 3.14. The average molecular weight is 262 g/mol. The molecule has 1 aromatic rings. The molecule has 1 rings (SSSR count). The van der Waals surface area contributed by atoms with Gasteiger partial charge in [-0.1, -0.05) is 0 Å². The fourth-order valence-electron chi connectivity index (χ4n) is 1.30. The Bertz CT molecular complexity index is 454. The van der Waals surface area contributed by atoms with Crippen LogP contribution in [0.4, 0.5) is 13.2 Å². The Hall–Kier alpha value is -2.05. The Morgan fingerprint density at radius 3 is 2.33 bits per heavy atom. The number of benzene rings is 1. The van der Waals surface area contributed by atoms with Crippen molar-refractivity contribution < 1.29 is 32.2 Å². The maximum atomic E-state index is 12.1. The third-order valence-corrected chi connectivity index (χ3v) is 1.93. The first-order valence-corrected chi connectivity index (χ1v) is 4.88. The summed E-state index contributed by atoms with van der Waals surface area (Å²) >= 11 is 0. The highest BCUT2D eigenvalue weighted by molar-refractivity contribution is 5.93. The number of halogens is 3. The van der Waals surface area contributed by atoms with Gasteiger partial charge in [0, 0.05) is 11.6 Å². The largest absolute Gasteiger partial charge is 0.573 e. The smallest absolute Gasteiger partial charge is 0.494 e. The molecule has 0 bridgehead atoms. The predicted molar refractivity (Wildman–Crippen MR) is 55.1 cm³/mol. The number of alkyl halides is 3. The number of carbonyl (C=O) groups is 2. The molecular weight excluding hydrogens is 253 g/mol. The molecule has 18 heavy (non-hydrogen) atoms. The zero-order valence-electron chi connectivity index (χ0n) is 9.28. The van der Waals surface area contributed by atoms with E-state index in [0.717, 1.165) is 6.07 Å². The highest BCUT2D eigenvalue weighted by atomic mass is 19.4. The van der Waals surface area contributed by atoms with Crippen LogP contribution in [0.3, 0.4) is 0 Å². The Kier molecular flexibility index (Phi) is 4.30. The summed E-state index contributed by atoms with van der Waals surface area (Å²) in [5.74, 6) is -0.741. The summed E-state index contributed by atoms with van der Waals surface area (Å²) in [6.07, 6.45) is -4.57. The van der Waals surface area contributed by atoms with Crippen molar-refractivity contribution in [3.05, 3.63) is 23.3 Å². The van der Waals surface area contributed by atoms with E-state index in [1.165, 1.54) is 6.07 Å². The number of hydrogen-bond donors (Lipinski definition) is 0. The van der Waals surface area contributed by atoms with Crippen molar-refractivity contribution in [2.75, 3.05) is 6.61 Å². The Morgan fingerprint density at radius 1 is 1.22 bits per heavy atom. The lowest BCUT2D eigenvalue weighted by Gasteiger charge is -2.13. The van der Waals surface area contributed by atoms with Gasteiger partial charge in [-0.15, -0.1) is 13.2 Å². The van der Waals surface area contributed by atoms with Crippen LogP contribution in [0.2, 0.25) is 0 Å². The summed E-state index contributed by atoms with van der Waals surface area (Å²) in [5, 5.41) is 0. The summed E-state index contributed by atoms with van der Waals surface area (Å²) in [6.45, 7) is 1.82. The number of hydrogen-bond acceptors (Lipinski definition) is 4. The van der Waals surface area contributed by atoms with Crippen molar-refractivity contribution in [2.45, 2.75) is 13.3 Å². The zero-order chi connectivity index (χ0) is 13.8. The van der Waals surface area contributed by atoms with Gasteiger partial charge in [-0.25, -0.2) is 0 Å². The quantitative estimate of drug-likeness (QED) is 0.765. The molecule has 0 radical (unpaired) electrons. The van der Waals surface area contributed by atoms with E-state index >= 15 is 0 Å².